The Kier molecular flexibility index (Phi) is 5.21. The van der Waals surface area contributed by atoms with Crippen LogP contribution in [0.5, 0.6) is 0 Å². The fraction of sp³-hybridized carbons (Fsp3) is 0.238. The first kappa shape index (κ1) is 16.1. The summed E-state index contributed by atoms with van der Waals surface area (Å²) in [5.74, 6) is 0. The molecule has 0 aromatic heterocycles. The number of aryl methyl sites for hydroxylation is 3. The maximum absolute atomic E-state index is 4.20. The smallest absolute Gasteiger partial charge is 0.0413 e. The first-order valence-electron chi connectivity index (χ1n) is 7.79. The van der Waals surface area contributed by atoms with Gasteiger partial charge in [-0.15, -0.1) is 0 Å². The Labute approximate surface area is 134 Å². The number of allylic oxidation sites excluding steroid dienone is 2. The molecule has 2 aromatic carbocycles. The SMILES string of the molecule is C=C(/C=C\c1ccc(CC)cc1NC)c1cc(C)cc(C)c1. The zero-order valence-electron chi connectivity index (χ0n) is 14.0. The number of hydrogen-bond acceptors (Lipinski definition) is 1. The molecule has 2 rings (SSSR count). The van der Waals surface area contributed by atoms with E-state index in [1.165, 1.54) is 27.8 Å². The van der Waals surface area contributed by atoms with Gasteiger partial charge in [-0.05, 0) is 48.6 Å². The molecule has 0 saturated carbocycles. The van der Waals surface area contributed by atoms with Gasteiger partial charge in [0.2, 0.25) is 0 Å². The summed E-state index contributed by atoms with van der Waals surface area (Å²) in [4.78, 5) is 0. The van der Waals surface area contributed by atoms with Gasteiger partial charge in [0.05, 0.1) is 0 Å². The first-order valence-corrected chi connectivity index (χ1v) is 7.79. The molecule has 0 amide bonds. The second kappa shape index (κ2) is 7.13. The molecule has 22 heavy (non-hydrogen) atoms. The van der Waals surface area contributed by atoms with Crippen LogP contribution in [0, 0.1) is 13.8 Å². The van der Waals surface area contributed by atoms with Gasteiger partial charge in [-0.1, -0.05) is 67.1 Å². The van der Waals surface area contributed by atoms with Gasteiger partial charge in [-0.2, -0.15) is 0 Å². The standard InChI is InChI=1S/C21H25N/c1-6-18-8-10-19(21(14-18)22-5)9-7-17(4)20-12-15(2)11-16(3)13-20/h7-14,22H,4,6H2,1-3,5H3/b9-7-. The van der Waals surface area contributed by atoms with Crippen molar-refractivity contribution < 1.29 is 0 Å². The first-order chi connectivity index (χ1) is 10.5. The van der Waals surface area contributed by atoms with Crippen molar-refractivity contribution in [1.29, 1.82) is 0 Å². The third-order valence-corrected chi connectivity index (χ3v) is 3.85. The van der Waals surface area contributed by atoms with Crippen LogP contribution in [0.2, 0.25) is 0 Å². The van der Waals surface area contributed by atoms with Crippen LogP contribution in [-0.4, -0.2) is 7.05 Å². The number of hydrogen-bond donors (Lipinski definition) is 1. The van der Waals surface area contributed by atoms with Gasteiger partial charge >= 0.3 is 0 Å². The van der Waals surface area contributed by atoms with Crippen LogP contribution in [0.15, 0.2) is 49.1 Å². The molecule has 0 heterocycles. The fourth-order valence-electron chi connectivity index (χ4n) is 2.63. The topological polar surface area (TPSA) is 12.0 Å². The Morgan fingerprint density at radius 1 is 1.09 bits per heavy atom. The molecule has 1 N–H and O–H groups in total. The van der Waals surface area contributed by atoms with Crippen LogP contribution in [0.3, 0.4) is 0 Å². The minimum absolute atomic E-state index is 1.04. The normalized spacial score (nSPS) is 10.9. The monoisotopic (exact) mass is 291 g/mol. The van der Waals surface area contributed by atoms with Crippen LogP contribution in [0.25, 0.3) is 11.6 Å². The molecular formula is C21H25N. The van der Waals surface area contributed by atoms with E-state index in [1.54, 1.807) is 0 Å². The number of rotatable bonds is 5. The van der Waals surface area contributed by atoms with Gasteiger partial charge < -0.3 is 5.32 Å². The summed E-state index contributed by atoms with van der Waals surface area (Å²) < 4.78 is 0. The molecule has 2 aromatic rings. The average molecular weight is 291 g/mol. The largest absolute Gasteiger partial charge is 0.388 e. The van der Waals surface area contributed by atoms with Gasteiger partial charge in [-0.25, -0.2) is 0 Å². The van der Waals surface area contributed by atoms with E-state index in [-0.39, 0.29) is 0 Å². The second-order valence-electron chi connectivity index (χ2n) is 5.76. The van der Waals surface area contributed by atoms with E-state index in [0.29, 0.717) is 0 Å². The summed E-state index contributed by atoms with van der Waals surface area (Å²) in [5, 5.41) is 3.27. The average Bonchev–Trinajstić information content (AvgIpc) is 2.51. The van der Waals surface area contributed by atoms with Gasteiger partial charge in [0.25, 0.3) is 0 Å². The van der Waals surface area contributed by atoms with Gasteiger partial charge in [0.1, 0.15) is 0 Å². The molecule has 1 nitrogen and oxygen atoms in total. The van der Waals surface area contributed by atoms with E-state index < -0.39 is 0 Å². The third kappa shape index (κ3) is 3.88. The van der Waals surface area contributed by atoms with Gasteiger partial charge in [0.15, 0.2) is 0 Å². The Bertz CT molecular complexity index is 688. The highest BCUT2D eigenvalue weighted by molar-refractivity contribution is 5.80. The number of anilines is 1. The van der Waals surface area contributed by atoms with Crippen molar-refractivity contribution >= 4 is 17.3 Å². The third-order valence-electron chi connectivity index (χ3n) is 3.85. The second-order valence-corrected chi connectivity index (χ2v) is 5.76. The molecule has 0 atom stereocenters. The summed E-state index contributed by atoms with van der Waals surface area (Å²) in [6, 6.07) is 13.1. The van der Waals surface area contributed by atoms with Crippen LogP contribution in [-0.2, 0) is 6.42 Å². The lowest BCUT2D eigenvalue weighted by atomic mass is 10.0. The lowest BCUT2D eigenvalue weighted by Gasteiger charge is -2.08. The van der Waals surface area contributed by atoms with Crippen molar-refractivity contribution in [3.63, 3.8) is 0 Å². The van der Waals surface area contributed by atoms with Crippen molar-refractivity contribution in [2.45, 2.75) is 27.2 Å². The van der Waals surface area contributed by atoms with E-state index in [2.05, 4.69) is 81.2 Å². The van der Waals surface area contributed by atoms with Crippen LogP contribution < -0.4 is 5.32 Å². The van der Waals surface area contributed by atoms with Gasteiger partial charge in [0, 0.05) is 12.7 Å². The zero-order valence-corrected chi connectivity index (χ0v) is 14.0. The van der Waals surface area contributed by atoms with Crippen LogP contribution >= 0.6 is 0 Å². The minimum atomic E-state index is 1.04. The van der Waals surface area contributed by atoms with E-state index in [0.717, 1.165) is 17.7 Å². The minimum Gasteiger partial charge on any atom is -0.388 e. The number of nitrogens with one attached hydrogen (secondary N) is 1. The summed E-state index contributed by atoms with van der Waals surface area (Å²) in [5.41, 5.74) is 8.45. The van der Waals surface area contributed by atoms with Crippen molar-refractivity contribution in [3.05, 3.63) is 76.9 Å². The summed E-state index contributed by atoms with van der Waals surface area (Å²) in [7, 11) is 1.96. The van der Waals surface area contributed by atoms with Crippen molar-refractivity contribution in [1.82, 2.24) is 0 Å². The van der Waals surface area contributed by atoms with E-state index in [4.69, 9.17) is 0 Å². The lowest BCUT2D eigenvalue weighted by Crippen LogP contribution is -1.93. The molecule has 0 fully saturated rings. The van der Waals surface area contributed by atoms with Crippen LogP contribution in [0.4, 0.5) is 5.69 Å². The molecule has 0 aliphatic heterocycles. The molecule has 0 spiro atoms. The predicted molar refractivity (Wildman–Crippen MR) is 99.4 cm³/mol. The summed E-state index contributed by atoms with van der Waals surface area (Å²) in [6.45, 7) is 10.6. The summed E-state index contributed by atoms with van der Waals surface area (Å²) in [6.07, 6.45) is 5.27. The Hall–Kier alpha value is -2.28. The molecule has 0 bridgehead atoms. The highest BCUT2D eigenvalue weighted by atomic mass is 14.8. The van der Waals surface area contributed by atoms with Gasteiger partial charge in [-0.3, -0.25) is 0 Å². The molecule has 1 heteroatoms. The van der Waals surface area contributed by atoms with Crippen molar-refractivity contribution in [2.75, 3.05) is 12.4 Å². The molecule has 0 saturated heterocycles. The molecular weight excluding hydrogens is 266 g/mol. The van der Waals surface area contributed by atoms with E-state index in [1.807, 2.05) is 7.05 Å². The Morgan fingerprint density at radius 2 is 1.77 bits per heavy atom. The zero-order chi connectivity index (χ0) is 16.1. The highest BCUT2D eigenvalue weighted by Gasteiger charge is 2.01. The maximum Gasteiger partial charge on any atom is 0.0413 e. The highest BCUT2D eigenvalue weighted by Crippen LogP contribution is 2.23. The molecule has 114 valence electrons. The lowest BCUT2D eigenvalue weighted by molar-refractivity contribution is 1.14. The van der Waals surface area contributed by atoms with Crippen LogP contribution in [0.1, 0.15) is 34.7 Å². The number of benzene rings is 2. The van der Waals surface area contributed by atoms with E-state index in [9.17, 15) is 0 Å². The fourth-order valence-corrected chi connectivity index (χ4v) is 2.63. The van der Waals surface area contributed by atoms with Crippen molar-refractivity contribution in [2.24, 2.45) is 0 Å². The van der Waals surface area contributed by atoms with Crippen molar-refractivity contribution in [3.8, 4) is 0 Å². The predicted octanol–water partition coefficient (Wildman–Crippen LogP) is 5.63. The molecule has 0 unspecified atom stereocenters. The molecule has 0 radical (unpaired) electrons. The maximum atomic E-state index is 4.20. The van der Waals surface area contributed by atoms with E-state index >= 15 is 0 Å². The Balaban J connectivity index is 2.26. The molecule has 0 aliphatic carbocycles. The Morgan fingerprint density at radius 3 is 2.36 bits per heavy atom. The quantitative estimate of drug-likeness (QED) is 0.703. The molecule has 0 aliphatic rings. The summed E-state index contributed by atoms with van der Waals surface area (Å²) >= 11 is 0.